The SMILES string of the molecule is CCOc1cc(/C=C(\C#N)C(=O)OCCOC)ccc1OC. The zero-order chi connectivity index (χ0) is 16.4. The zero-order valence-electron chi connectivity index (χ0n) is 12.9. The summed E-state index contributed by atoms with van der Waals surface area (Å²) in [5, 5.41) is 9.08. The van der Waals surface area contributed by atoms with E-state index in [0.717, 1.165) is 0 Å². The van der Waals surface area contributed by atoms with Crippen molar-refractivity contribution < 1.29 is 23.7 Å². The molecular formula is C16H19NO5. The van der Waals surface area contributed by atoms with Gasteiger partial charge in [0.1, 0.15) is 18.2 Å². The number of carbonyl (C=O) groups excluding carboxylic acids is 1. The molecule has 6 nitrogen and oxygen atoms in total. The molecule has 0 aliphatic heterocycles. The molecule has 0 radical (unpaired) electrons. The van der Waals surface area contributed by atoms with Crippen molar-refractivity contribution in [2.75, 3.05) is 34.0 Å². The molecular weight excluding hydrogens is 286 g/mol. The van der Waals surface area contributed by atoms with Crippen LogP contribution in [0.1, 0.15) is 12.5 Å². The number of methoxy groups -OCH3 is 2. The van der Waals surface area contributed by atoms with Crippen LogP contribution in [0.25, 0.3) is 6.08 Å². The number of benzene rings is 1. The van der Waals surface area contributed by atoms with Gasteiger partial charge in [0.2, 0.25) is 0 Å². The molecule has 6 heteroatoms. The Hall–Kier alpha value is -2.52. The Kier molecular flexibility index (Phi) is 7.51. The Labute approximate surface area is 129 Å². The summed E-state index contributed by atoms with van der Waals surface area (Å²) >= 11 is 0. The number of hydrogen-bond acceptors (Lipinski definition) is 6. The largest absolute Gasteiger partial charge is 0.493 e. The lowest BCUT2D eigenvalue weighted by atomic mass is 10.1. The molecule has 0 atom stereocenters. The number of ether oxygens (including phenoxy) is 4. The number of hydrogen-bond donors (Lipinski definition) is 0. The van der Waals surface area contributed by atoms with Crippen LogP contribution in [-0.2, 0) is 14.3 Å². The van der Waals surface area contributed by atoms with Crippen molar-refractivity contribution in [2.24, 2.45) is 0 Å². The van der Waals surface area contributed by atoms with Crippen LogP contribution in [0.3, 0.4) is 0 Å². The van der Waals surface area contributed by atoms with Gasteiger partial charge >= 0.3 is 5.97 Å². The van der Waals surface area contributed by atoms with Crippen LogP contribution in [0, 0.1) is 11.3 Å². The summed E-state index contributed by atoms with van der Waals surface area (Å²) < 4.78 is 20.3. The minimum Gasteiger partial charge on any atom is -0.493 e. The third-order valence-electron chi connectivity index (χ3n) is 2.66. The van der Waals surface area contributed by atoms with Crippen LogP contribution in [0.5, 0.6) is 11.5 Å². The highest BCUT2D eigenvalue weighted by Crippen LogP contribution is 2.28. The summed E-state index contributed by atoms with van der Waals surface area (Å²) in [6.45, 7) is 2.71. The predicted molar refractivity (Wildman–Crippen MR) is 80.6 cm³/mol. The molecule has 1 aromatic rings. The summed E-state index contributed by atoms with van der Waals surface area (Å²) in [6, 6.07) is 6.96. The molecule has 0 saturated carbocycles. The molecule has 0 spiro atoms. The van der Waals surface area contributed by atoms with E-state index in [-0.39, 0.29) is 18.8 Å². The first-order valence-electron chi connectivity index (χ1n) is 6.75. The van der Waals surface area contributed by atoms with Gasteiger partial charge < -0.3 is 18.9 Å². The van der Waals surface area contributed by atoms with Gasteiger partial charge in [-0.15, -0.1) is 0 Å². The van der Waals surface area contributed by atoms with Gasteiger partial charge in [0.25, 0.3) is 0 Å². The Balaban J connectivity index is 2.95. The van der Waals surface area contributed by atoms with Crippen molar-refractivity contribution in [3.63, 3.8) is 0 Å². The van der Waals surface area contributed by atoms with Gasteiger partial charge in [-0.1, -0.05) is 6.07 Å². The number of rotatable bonds is 8. The Morgan fingerprint density at radius 3 is 2.64 bits per heavy atom. The van der Waals surface area contributed by atoms with Crippen molar-refractivity contribution in [2.45, 2.75) is 6.92 Å². The Bertz CT molecular complexity index is 574. The van der Waals surface area contributed by atoms with Gasteiger partial charge in [-0.2, -0.15) is 5.26 Å². The third-order valence-corrected chi connectivity index (χ3v) is 2.66. The molecule has 1 rings (SSSR count). The van der Waals surface area contributed by atoms with Crippen LogP contribution < -0.4 is 9.47 Å². The monoisotopic (exact) mass is 305 g/mol. The second-order valence-electron chi connectivity index (χ2n) is 4.14. The van der Waals surface area contributed by atoms with Gasteiger partial charge in [0, 0.05) is 7.11 Å². The van der Waals surface area contributed by atoms with Crippen molar-refractivity contribution in [3.05, 3.63) is 29.3 Å². The minimum absolute atomic E-state index is 0.0938. The summed E-state index contributed by atoms with van der Waals surface area (Å²) in [5.74, 6) is 0.442. The quantitative estimate of drug-likeness (QED) is 0.317. The van der Waals surface area contributed by atoms with Crippen LogP contribution in [0.2, 0.25) is 0 Å². The summed E-state index contributed by atoms with van der Waals surface area (Å²) in [5.41, 5.74) is 0.549. The molecule has 22 heavy (non-hydrogen) atoms. The van der Waals surface area contributed by atoms with Crippen molar-refractivity contribution in [1.29, 1.82) is 5.26 Å². The van der Waals surface area contributed by atoms with E-state index in [1.807, 2.05) is 13.0 Å². The van der Waals surface area contributed by atoms with E-state index < -0.39 is 5.97 Å². The van der Waals surface area contributed by atoms with Crippen molar-refractivity contribution in [3.8, 4) is 17.6 Å². The molecule has 0 amide bonds. The molecule has 0 saturated heterocycles. The molecule has 118 valence electrons. The maximum Gasteiger partial charge on any atom is 0.348 e. The first kappa shape index (κ1) is 17.5. The standard InChI is InChI=1S/C16H19NO5/c1-4-21-15-10-12(5-6-14(15)20-3)9-13(11-17)16(18)22-8-7-19-2/h5-6,9-10H,4,7-8H2,1-3H3/b13-9+. The molecule has 0 aliphatic carbocycles. The van der Waals surface area contributed by atoms with E-state index in [1.165, 1.54) is 13.2 Å². The highest BCUT2D eigenvalue weighted by Gasteiger charge is 2.11. The van der Waals surface area contributed by atoms with E-state index in [2.05, 4.69) is 0 Å². The number of nitrogens with zero attached hydrogens (tertiary/aromatic N) is 1. The van der Waals surface area contributed by atoms with Gasteiger partial charge in [0.15, 0.2) is 11.5 Å². The number of carbonyl (C=O) groups is 1. The smallest absolute Gasteiger partial charge is 0.348 e. The average molecular weight is 305 g/mol. The van der Waals surface area contributed by atoms with Crippen LogP contribution in [0.4, 0.5) is 0 Å². The summed E-state index contributed by atoms with van der Waals surface area (Å²) in [7, 11) is 3.04. The molecule has 0 N–H and O–H groups in total. The highest BCUT2D eigenvalue weighted by atomic mass is 16.6. The summed E-state index contributed by atoms with van der Waals surface area (Å²) in [6.07, 6.45) is 1.44. The van der Waals surface area contributed by atoms with Gasteiger partial charge in [-0.25, -0.2) is 4.79 Å². The van der Waals surface area contributed by atoms with E-state index >= 15 is 0 Å². The first-order chi connectivity index (χ1) is 10.7. The van der Waals surface area contributed by atoms with Crippen molar-refractivity contribution in [1.82, 2.24) is 0 Å². The second kappa shape index (κ2) is 9.42. The van der Waals surface area contributed by atoms with E-state index in [4.69, 9.17) is 24.2 Å². The molecule has 0 fully saturated rings. The minimum atomic E-state index is -0.687. The van der Waals surface area contributed by atoms with Crippen molar-refractivity contribution >= 4 is 12.0 Å². The lowest BCUT2D eigenvalue weighted by molar-refractivity contribution is -0.139. The molecule has 0 aromatic heterocycles. The average Bonchev–Trinajstić information content (AvgIpc) is 2.53. The first-order valence-corrected chi connectivity index (χ1v) is 6.75. The lowest BCUT2D eigenvalue weighted by Crippen LogP contribution is -2.11. The van der Waals surface area contributed by atoms with E-state index in [1.54, 1.807) is 25.3 Å². The maximum atomic E-state index is 11.8. The fraction of sp³-hybridized carbons (Fsp3) is 0.375. The fourth-order valence-corrected chi connectivity index (χ4v) is 1.65. The van der Waals surface area contributed by atoms with E-state index in [9.17, 15) is 4.79 Å². The molecule has 0 bridgehead atoms. The lowest BCUT2D eigenvalue weighted by Gasteiger charge is -2.10. The van der Waals surface area contributed by atoms with Gasteiger partial charge in [0.05, 0.1) is 20.3 Å². The van der Waals surface area contributed by atoms with Crippen LogP contribution >= 0.6 is 0 Å². The molecule has 0 aliphatic rings. The molecule has 0 unspecified atom stereocenters. The second-order valence-corrected chi connectivity index (χ2v) is 4.14. The Morgan fingerprint density at radius 2 is 2.05 bits per heavy atom. The predicted octanol–water partition coefficient (Wildman–Crippen LogP) is 2.19. The maximum absolute atomic E-state index is 11.8. The van der Waals surface area contributed by atoms with Crippen LogP contribution in [-0.4, -0.2) is 40.0 Å². The topological polar surface area (TPSA) is 77.8 Å². The normalized spacial score (nSPS) is 10.7. The zero-order valence-corrected chi connectivity index (χ0v) is 12.9. The number of nitriles is 1. The Morgan fingerprint density at radius 1 is 1.27 bits per heavy atom. The molecule has 0 heterocycles. The van der Waals surface area contributed by atoms with Gasteiger partial charge in [-0.3, -0.25) is 0 Å². The van der Waals surface area contributed by atoms with Crippen LogP contribution in [0.15, 0.2) is 23.8 Å². The van der Waals surface area contributed by atoms with E-state index in [0.29, 0.717) is 23.7 Å². The van der Waals surface area contributed by atoms with Gasteiger partial charge in [-0.05, 0) is 30.7 Å². The fourth-order valence-electron chi connectivity index (χ4n) is 1.65. The summed E-state index contributed by atoms with van der Waals surface area (Å²) in [4.78, 5) is 11.8. The molecule has 1 aromatic carbocycles. The third kappa shape index (κ3) is 5.11. The highest BCUT2D eigenvalue weighted by molar-refractivity contribution is 5.97. The number of esters is 1.